The van der Waals surface area contributed by atoms with Crippen LogP contribution in [0.2, 0.25) is 5.02 Å². The number of hydrogen-bond acceptors (Lipinski definition) is 2. The van der Waals surface area contributed by atoms with E-state index in [0.717, 1.165) is 11.5 Å². The van der Waals surface area contributed by atoms with Gasteiger partial charge in [0.15, 0.2) is 11.5 Å². The van der Waals surface area contributed by atoms with Crippen LogP contribution in [0.25, 0.3) is 5.65 Å². The maximum absolute atomic E-state index is 5.93. The molecule has 0 radical (unpaired) electrons. The molecule has 3 rings (SSSR count). The predicted molar refractivity (Wildman–Crippen MR) is 63.8 cm³/mol. The van der Waals surface area contributed by atoms with Crippen molar-refractivity contribution in [2.45, 2.75) is 38.0 Å². The summed E-state index contributed by atoms with van der Waals surface area (Å²) in [7, 11) is 0. The number of hydrogen-bond donors (Lipinski definition) is 0. The SMILES string of the molecule is Clc1ccc2nc(C3CCCCC3)nn2c1. The van der Waals surface area contributed by atoms with Gasteiger partial charge in [0.05, 0.1) is 5.02 Å². The van der Waals surface area contributed by atoms with Crippen molar-refractivity contribution >= 4 is 17.2 Å². The van der Waals surface area contributed by atoms with Gasteiger partial charge < -0.3 is 0 Å². The van der Waals surface area contributed by atoms with Gasteiger partial charge in [-0.3, -0.25) is 0 Å². The van der Waals surface area contributed by atoms with Crippen LogP contribution in [0.5, 0.6) is 0 Å². The van der Waals surface area contributed by atoms with Gasteiger partial charge in [-0.25, -0.2) is 9.50 Å². The number of fused-ring (bicyclic) bond motifs is 1. The number of aromatic nitrogens is 3. The van der Waals surface area contributed by atoms with Gasteiger partial charge >= 0.3 is 0 Å². The molecule has 2 aromatic heterocycles. The highest BCUT2D eigenvalue weighted by Crippen LogP contribution is 2.30. The molecule has 3 nitrogen and oxygen atoms in total. The standard InChI is InChI=1S/C12H14ClN3/c13-10-6-7-11-14-12(15-16(11)8-10)9-4-2-1-3-5-9/h6-9H,1-5H2. The summed E-state index contributed by atoms with van der Waals surface area (Å²) in [5.41, 5.74) is 0.893. The van der Waals surface area contributed by atoms with Crippen LogP contribution in [0.1, 0.15) is 43.8 Å². The maximum atomic E-state index is 5.93. The minimum atomic E-state index is 0.549. The van der Waals surface area contributed by atoms with Crippen molar-refractivity contribution in [1.82, 2.24) is 14.6 Å². The second-order valence-electron chi connectivity index (χ2n) is 4.46. The van der Waals surface area contributed by atoms with E-state index in [-0.39, 0.29) is 0 Å². The molecule has 1 saturated carbocycles. The van der Waals surface area contributed by atoms with Crippen LogP contribution in [-0.2, 0) is 0 Å². The Labute approximate surface area is 99.4 Å². The van der Waals surface area contributed by atoms with Crippen molar-refractivity contribution in [3.63, 3.8) is 0 Å². The lowest BCUT2D eigenvalue weighted by molar-refractivity contribution is 0.429. The van der Waals surface area contributed by atoms with Crippen molar-refractivity contribution in [2.24, 2.45) is 0 Å². The molecule has 0 spiro atoms. The van der Waals surface area contributed by atoms with Crippen LogP contribution in [0.3, 0.4) is 0 Å². The van der Waals surface area contributed by atoms with E-state index < -0.39 is 0 Å². The van der Waals surface area contributed by atoms with E-state index in [1.165, 1.54) is 32.1 Å². The third-order valence-electron chi connectivity index (χ3n) is 3.28. The molecule has 4 heteroatoms. The molecule has 0 amide bonds. The third kappa shape index (κ3) is 1.80. The number of nitrogens with zero attached hydrogens (tertiary/aromatic N) is 3. The van der Waals surface area contributed by atoms with Crippen molar-refractivity contribution in [3.05, 3.63) is 29.2 Å². The molecule has 0 bridgehead atoms. The van der Waals surface area contributed by atoms with Crippen LogP contribution in [-0.4, -0.2) is 14.6 Å². The third-order valence-corrected chi connectivity index (χ3v) is 3.51. The van der Waals surface area contributed by atoms with Gasteiger partial charge in [-0.15, -0.1) is 0 Å². The molecule has 16 heavy (non-hydrogen) atoms. The molecule has 0 atom stereocenters. The second-order valence-corrected chi connectivity index (χ2v) is 4.89. The molecule has 1 fully saturated rings. The smallest absolute Gasteiger partial charge is 0.155 e. The van der Waals surface area contributed by atoms with Gasteiger partial charge in [-0.2, -0.15) is 5.10 Å². The minimum absolute atomic E-state index is 0.549. The molecule has 1 aliphatic carbocycles. The first-order chi connectivity index (χ1) is 7.83. The van der Waals surface area contributed by atoms with Crippen molar-refractivity contribution < 1.29 is 0 Å². The summed E-state index contributed by atoms with van der Waals surface area (Å²) in [6.07, 6.45) is 8.24. The molecular weight excluding hydrogens is 222 g/mol. The predicted octanol–water partition coefficient (Wildman–Crippen LogP) is 3.43. The Morgan fingerprint density at radius 3 is 2.81 bits per heavy atom. The lowest BCUT2D eigenvalue weighted by Crippen LogP contribution is -2.06. The Morgan fingerprint density at radius 1 is 1.19 bits per heavy atom. The normalized spacial score (nSPS) is 18.1. The van der Waals surface area contributed by atoms with Gasteiger partial charge in [-0.05, 0) is 25.0 Å². The Bertz CT molecular complexity index is 500. The zero-order valence-corrected chi connectivity index (χ0v) is 9.82. The molecule has 0 N–H and O–H groups in total. The highest BCUT2D eigenvalue weighted by atomic mass is 35.5. The van der Waals surface area contributed by atoms with Crippen LogP contribution < -0.4 is 0 Å². The fraction of sp³-hybridized carbons (Fsp3) is 0.500. The highest BCUT2D eigenvalue weighted by Gasteiger charge is 2.19. The number of rotatable bonds is 1. The van der Waals surface area contributed by atoms with Gasteiger partial charge in [-0.1, -0.05) is 30.9 Å². The fourth-order valence-corrected chi connectivity index (χ4v) is 2.56. The van der Waals surface area contributed by atoms with E-state index in [0.29, 0.717) is 10.9 Å². The Morgan fingerprint density at radius 2 is 2.00 bits per heavy atom. The molecule has 2 heterocycles. The summed E-state index contributed by atoms with van der Waals surface area (Å²) >= 11 is 5.93. The summed E-state index contributed by atoms with van der Waals surface area (Å²) in [6.45, 7) is 0. The molecule has 2 aromatic rings. The molecule has 0 aliphatic heterocycles. The van der Waals surface area contributed by atoms with Crippen molar-refractivity contribution in [1.29, 1.82) is 0 Å². The molecule has 84 valence electrons. The maximum Gasteiger partial charge on any atom is 0.155 e. The lowest BCUT2D eigenvalue weighted by atomic mass is 9.89. The Balaban J connectivity index is 1.97. The number of pyridine rings is 1. The van der Waals surface area contributed by atoms with Gasteiger partial charge in [0.2, 0.25) is 0 Å². The van der Waals surface area contributed by atoms with E-state index in [2.05, 4.69) is 10.1 Å². The molecule has 0 unspecified atom stereocenters. The largest absolute Gasteiger partial charge is 0.219 e. The first-order valence-corrected chi connectivity index (χ1v) is 6.22. The molecule has 0 aromatic carbocycles. The van der Waals surface area contributed by atoms with E-state index in [1.807, 2.05) is 18.3 Å². The molecule has 1 aliphatic rings. The van der Waals surface area contributed by atoms with Crippen LogP contribution in [0.4, 0.5) is 0 Å². The summed E-state index contributed by atoms with van der Waals surface area (Å²) in [5.74, 6) is 1.54. The highest BCUT2D eigenvalue weighted by molar-refractivity contribution is 6.30. The average molecular weight is 236 g/mol. The zero-order chi connectivity index (χ0) is 11.0. The quantitative estimate of drug-likeness (QED) is 0.758. The van der Waals surface area contributed by atoms with Gasteiger partial charge in [0.1, 0.15) is 0 Å². The van der Waals surface area contributed by atoms with E-state index in [1.54, 1.807) is 4.52 Å². The van der Waals surface area contributed by atoms with Crippen molar-refractivity contribution in [2.75, 3.05) is 0 Å². The van der Waals surface area contributed by atoms with Gasteiger partial charge in [0, 0.05) is 12.1 Å². The van der Waals surface area contributed by atoms with E-state index in [4.69, 9.17) is 11.6 Å². The minimum Gasteiger partial charge on any atom is -0.219 e. The first-order valence-electron chi connectivity index (χ1n) is 5.85. The summed E-state index contributed by atoms with van der Waals surface area (Å²) in [5, 5.41) is 5.22. The Hall–Kier alpha value is -1.09. The zero-order valence-electron chi connectivity index (χ0n) is 9.06. The number of halogens is 1. The van der Waals surface area contributed by atoms with E-state index in [9.17, 15) is 0 Å². The van der Waals surface area contributed by atoms with Crippen LogP contribution in [0, 0.1) is 0 Å². The Kier molecular flexibility index (Phi) is 2.56. The lowest BCUT2D eigenvalue weighted by Gasteiger charge is -2.17. The van der Waals surface area contributed by atoms with Gasteiger partial charge in [0.25, 0.3) is 0 Å². The second kappa shape index (κ2) is 4.06. The van der Waals surface area contributed by atoms with Crippen molar-refractivity contribution in [3.8, 4) is 0 Å². The summed E-state index contributed by atoms with van der Waals surface area (Å²) < 4.78 is 1.78. The fourth-order valence-electron chi connectivity index (χ4n) is 2.41. The van der Waals surface area contributed by atoms with E-state index >= 15 is 0 Å². The van der Waals surface area contributed by atoms with Crippen LogP contribution >= 0.6 is 11.6 Å². The topological polar surface area (TPSA) is 30.2 Å². The van der Waals surface area contributed by atoms with Crippen LogP contribution in [0.15, 0.2) is 18.3 Å². The summed E-state index contributed by atoms with van der Waals surface area (Å²) in [4.78, 5) is 4.57. The first kappa shape index (κ1) is 10.1. The molecular formula is C12H14ClN3. The molecule has 0 saturated heterocycles. The summed E-state index contributed by atoms with van der Waals surface area (Å²) in [6, 6.07) is 3.78. The average Bonchev–Trinajstić information content (AvgIpc) is 2.73. The monoisotopic (exact) mass is 235 g/mol.